The zero-order chi connectivity index (χ0) is 11.1. The molecular weight excluding hydrogens is 186 g/mol. The van der Waals surface area contributed by atoms with Crippen molar-refractivity contribution in [3.63, 3.8) is 0 Å². The SMILES string of the molecule is CC(C)CNc1cccc(CCCO)c1. The zero-order valence-electron chi connectivity index (χ0n) is 9.66. The van der Waals surface area contributed by atoms with Gasteiger partial charge in [-0.2, -0.15) is 0 Å². The molecule has 0 aliphatic heterocycles. The maximum Gasteiger partial charge on any atom is 0.0434 e. The number of anilines is 1. The van der Waals surface area contributed by atoms with E-state index in [1.54, 1.807) is 0 Å². The highest BCUT2D eigenvalue weighted by molar-refractivity contribution is 5.45. The first-order valence-corrected chi connectivity index (χ1v) is 5.66. The van der Waals surface area contributed by atoms with Crippen LogP contribution in [0.3, 0.4) is 0 Å². The summed E-state index contributed by atoms with van der Waals surface area (Å²) in [5, 5.41) is 12.2. The van der Waals surface area contributed by atoms with E-state index in [0.29, 0.717) is 5.92 Å². The molecule has 0 fully saturated rings. The molecule has 84 valence electrons. The van der Waals surface area contributed by atoms with E-state index in [2.05, 4.69) is 43.4 Å². The molecule has 0 radical (unpaired) electrons. The van der Waals surface area contributed by atoms with E-state index in [4.69, 9.17) is 5.11 Å². The summed E-state index contributed by atoms with van der Waals surface area (Å²) in [4.78, 5) is 0. The second kappa shape index (κ2) is 6.46. The van der Waals surface area contributed by atoms with Crippen LogP contribution in [0.1, 0.15) is 25.8 Å². The first-order valence-electron chi connectivity index (χ1n) is 5.66. The summed E-state index contributed by atoms with van der Waals surface area (Å²) in [7, 11) is 0. The number of hydrogen-bond acceptors (Lipinski definition) is 2. The van der Waals surface area contributed by atoms with E-state index < -0.39 is 0 Å². The lowest BCUT2D eigenvalue weighted by atomic mass is 10.1. The average Bonchev–Trinajstić information content (AvgIpc) is 2.24. The van der Waals surface area contributed by atoms with Gasteiger partial charge in [0.15, 0.2) is 0 Å². The second-order valence-corrected chi connectivity index (χ2v) is 4.30. The summed E-state index contributed by atoms with van der Waals surface area (Å²) in [6.45, 7) is 5.67. The van der Waals surface area contributed by atoms with Gasteiger partial charge in [-0.15, -0.1) is 0 Å². The van der Waals surface area contributed by atoms with Crippen molar-refractivity contribution in [3.05, 3.63) is 29.8 Å². The standard InChI is InChI=1S/C13H21NO/c1-11(2)10-14-13-7-3-5-12(9-13)6-4-8-15/h3,5,7,9,11,14-15H,4,6,8,10H2,1-2H3. The third-order valence-electron chi connectivity index (χ3n) is 2.26. The fourth-order valence-electron chi connectivity index (χ4n) is 1.44. The molecule has 1 aromatic rings. The predicted molar refractivity (Wildman–Crippen MR) is 65.2 cm³/mol. The van der Waals surface area contributed by atoms with Crippen LogP contribution in [0, 0.1) is 5.92 Å². The second-order valence-electron chi connectivity index (χ2n) is 4.30. The van der Waals surface area contributed by atoms with E-state index >= 15 is 0 Å². The lowest BCUT2D eigenvalue weighted by molar-refractivity contribution is 0.288. The number of aliphatic hydroxyl groups excluding tert-OH is 1. The fraction of sp³-hybridized carbons (Fsp3) is 0.538. The molecule has 0 aliphatic rings. The maximum atomic E-state index is 8.76. The van der Waals surface area contributed by atoms with Crippen molar-refractivity contribution in [1.29, 1.82) is 0 Å². The van der Waals surface area contributed by atoms with Crippen molar-refractivity contribution in [2.75, 3.05) is 18.5 Å². The van der Waals surface area contributed by atoms with Gasteiger partial charge in [0.25, 0.3) is 0 Å². The lowest BCUT2D eigenvalue weighted by Crippen LogP contribution is -2.07. The van der Waals surface area contributed by atoms with E-state index in [1.807, 2.05) is 0 Å². The number of aliphatic hydroxyl groups is 1. The van der Waals surface area contributed by atoms with E-state index in [9.17, 15) is 0 Å². The Kier molecular flexibility index (Phi) is 5.19. The highest BCUT2D eigenvalue weighted by Crippen LogP contribution is 2.12. The van der Waals surface area contributed by atoms with Crippen LogP contribution in [0.25, 0.3) is 0 Å². The van der Waals surface area contributed by atoms with Gasteiger partial charge < -0.3 is 10.4 Å². The minimum atomic E-state index is 0.268. The number of nitrogens with one attached hydrogen (secondary N) is 1. The molecule has 2 nitrogen and oxygen atoms in total. The Morgan fingerprint density at radius 1 is 1.33 bits per heavy atom. The van der Waals surface area contributed by atoms with Gasteiger partial charge in [-0.25, -0.2) is 0 Å². The Bertz CT molecular complexity index is 284. The first-order chi connectivity index (χ1) is 7.22. The lowest BCUT2D eigenvalue weighted by Gasteiger charge is -2.10. The molecule has 0 saturated heterocycles. The Labute approximate surface area is 92.3 Å². The number of hydrogen-bond donors (Lipinski definition) is 2. The highest BCUT2D eigenvalue weighted by atomic mass is 16.2. The molecule has 15 heavy (non-hydrogen) atoms. The molecule has 0 aliphatic carbocycles. The summed E-state index contributed by atoms with van der Waals surface area (Å²) < 4.78 is 0. The Hall–Kier alpha value is -1.02. The van der Waals surface area contributed by atoms with Gasteiger partial charge in [0.2, 0.25) is 0 Å². The van der Waals surface area contributed by atoms with Crippen LogP contribution in [0.2, 0.25) is 0 Å². The molecule has 0 amide bonds. The highest BCUT2D eigenvalue weighted by Gasteiger charge is 1.97. The summed E-state index contributed by atoms with van der Waals surface area (Å²) in [5.74, 6) is 0.658. The molecule has 0 unspecified atom stereocenters. The Balaban J connectivity index is 2.50. The third-order valence-corrected chi connectivity index (χ3v) is 2.26. The van der Waals surface area contributed by atoms with E-state index in [0.717, 1.165) is 19.4 Å². The van der Waals surface area contributed by atoms with Gasteiger partial charge in [-0.05, 0) is 36.5 Å². The van der Waals surface area contributed by atoms with Gasteiger partial charge in [-0.1, -0.05) is 26.0 Å². The molecule has 0 aromatic heterocycles. The van der Waals surface area contributed by atoms with Crippen LogP contribution in [-0.2, 0) is 6.42 Å². The van der Waals surface area contributed by atoms with E-state index in [1.165, 1.54) is 11.3 Å². The van der Waals surface area contributed by atoms with Crippen LogP contribution >= 0.6 is 0 Å². The van der Waals surface area contributed by atoms with Gasteiger partial charge in [0.05, 0.1) is 0 Å². The smallest absolute Gasteiger partial charge is 0.0434 e. The van der Waals surface area contributed by atoms with Crippen molar-refractivity contribution in [2.24, 2.45) is 5.92 Å². The van der Waals surface area contributed by atoms with Crippen LogP contribution in [-0.4, -0.2) is 18.3 Å². The molecule has 1 aromatic carbocycles. The largest absolute Gasteiger partial charge is 0.396 e. The minimum absolute atomic E-state index is 0.268. The predicted octanol–water partition coefficient (Wildman–Crippen LogP) is 2.68. The molecular formula is C13H21NO. The van der Waals surface area contributed by atoms with Crippen LogP contribution < -0.4 is 5.32 Å². The average molecular weight is 207 g/mol. The minimum Gasteiger partial charge on any atom is -0.396 e. The molecule has 2 N–H and O–H groups in total. The molecule has 2 heteroatoms. The molecule has 0 spiro atoms. The van der Waals surface area contributed by atoms with Crippen LogP contribution in [0.4, 0.5) is 5.69 Å². The summed E-state index contributed by atoms with van der Waals surface area (Å²) >= 11 is 0. The maximum absolute atomic E-state index is 8.76. The fourth-order valence-corrected chi connectivity index (χ4v) is 1.44. The van der Waals surface area contributed by atoms with Gasteiger partial charge in [0, 0.05) is 18.8 Å². The van der Waals surface area contributed by atoms with Crippen molar-refractivity contribution in [1.82, 2.24) is 0 Å². The molecule has 0 bridgehead atoms. The summed E-state index contributed by atoms with van der Waals surface area (Å²) in [6.07, 6.45) is 1.79. The number of benzene rings is 1. The van der Waals surface area contributed by atoms with E-state index in [-0.39, 0.29) is 6.61 Å². The van der Waals surface area contributed by atoms with Crippen molar-refractivity contribution in [2.45, 2.75) is 26.7 Å². The van der Waals surface area contributed by atoms with Crippen LogP contribution in [0.15, 0.2) is 24.3 Å². The number of rotatable bonds is 6. The quantitative estimate of drug-likeness (QED) is 0.751. The topological polar surface area (TPSA) is 32.3 Å². The molecule has 0 atom stereocenters. The summed E-state index contributed by atoms with van der Waals surface area (Å²) in [5.41, 5.74) is 2.47. The molecule has 1 rings (SSSR count). The normalized spacial score (nSPS) is 10.7. The zero-order valence-corrected chi connectivity index (χ0v) is 9.66. The molecule has 0 heterocycles. The molecule has 0 saturated carbocycles. The first kappa shape index (κ1) is 12.1. The monoisotopic (exact) mass is 207 g/mol. The number of aryl methyl sites for hydroxylation is 1. The third kappa shape index (κ3) is 4.84. The summed E-state index contributed by atoms with van der Waals surface area (Å²) in [6, 6.07) is 8.43. The Morgan fingerprint density at radius 3 is 2.80 bits per heavy atom. The van der Waals surface area contributed by atoms with Gasteiger partial charge >= 0.3 is 0 Å². The van der Waals surface area contributed by atoms with Crippen molar-refractivity contribution < 1.29 is 5.11 Å². The Morgan fingerprint density at radius 2 is 2.13 bits per heavy atom. The van der Waals surface area contributed by atoms with Crippen LogP contribution in [0.5, 0.6) is 0 Å². The van der Waals surface area contributed by atoms with Crippen molar-refractivity contribution in [3.8, 4) is 0 Å². The van der Waals surface area contributed by atoms with Gasteiger partial charge in [0.1, 0.15) is 0 Å². The van der Waals surface area contributed by atoms with Gasteiger partial charge in [-0.3, -0.25) is 0 Å². The van der Waals surface area contributed by atoms with Crippen molar-refractivity contribution >= 4 is 5.69 Å².